The van der Waals surface area contributed by atoms with Crippen molar-refractivity contribution >= 4 is 11.9 Å². The molecule has 0 radical (unpaired) electrons. The molecule has 2 heterocycles. The van der Waals surface area contributed by atoms with E-state index in [1.165, 1.54) is 7.11 Å². The highest BCUT2D eigenvalue weighted by molar-refractivity contribution is 5.89. The van der Waals surface area contributed by atoms with E-state index < -0.39 is 0 Å². The highest BCUT2D eigenvalue weighted by atomic mass is 16.5. The van der Waals surface area contributed by atoms with Crippen LogP contribution in [0.1, 0.15) is 58.9 Å². The van der Waals surface area contributed by atoms with Crippen molar-refractivity contribution in [1.29, 1.82) is 0 Å². The van der Waals surface area contributed by atoms with Crippen LogP contribution >= 0.6 is 0 Å². The van der Waals surface area contributed by atoms with Gasteiger partial charge in [-0.25, -0.2) is 4.79 Å². The number of aryl methyl sites for hydroxylation is 1. The molecule has 1 amide bonds. The molecular formula is C21H26N4O4. The van der Waals surface area contributed by atoms with Gasteiger partial charge in [0.1, 0.15) is 6.04 Å². The number of methoxy groups -OCH3 is 1. The molecule has 154 valence electrons. The first-order chi connectivity index (χ1) is 14.0. The number of amides is 1. The lowest BCUT2D eigenvalue weighted by Gasteiger charge is -2.37. The Balaban J connectivity index is 1.33. The summed E-state index contributed by atoms with van der Waals surface area (Å²) in [6.45, 7) is 2.02. The molecule has 1 saturated carbocycles. The smallest absolute Gasteiger partial charge is 0.337 e. The highest BCUT2D eigenvalue weighted by Gasteiger charge is 2.34. The summed E-state index contributed by atoms with van der Waals surface area (Å²) in [5.41, 5.74) is 1.53. The normalized spacial score (nSPS) is 19.9. The topological polar surface area (TPSA) is 88.8 Å². The summed E-state index contributed by atoms with van der Waals surface area (Å²) < 4.78 is 10.2. The Bertz CT molecular complexity index is 875. The van der Waals surface area contributed by atoms with Crippen molar-refractivity contribution in [1.82, 2.24) is 19.9 Å². The van der Waals surface area contributed by atoms with Gasteiger partial charge in [-0.1, -0.05) is 17.3 Å². The molecule has 1 aliphatic carbocycles. The summed E-state index contributed by atoms with van der Waals surface area (Å²) in [7, 11) is 3.38. The molecule has 0 bridgehead atoms. The van der Waals surface area contributed by atoms with Crippen molar-refractivity contribution in [3.8, 4) is 0 Å². The average Bonchev–Trinajstić information content (AvgIpc) is 3.49. The van der Waals surface area contributed by atoms with E-state index in [0.29, 0.717) is 43.3 Å². The maximum absolute atomic E-state index is 12.8. The summed E-state index contributed by atoms with van der Waals surface area (Å²) in [4.78, 5) is 32.9. The van der Waals surface area contributed by atoms with Crippen LogP contribution in [0.3, 0.4) is 0 Å². The SMILES string of the molecule is COC(=O)c1ccc(CCC(=O)N2CCN(C)C(c3nc(C4CC4)no3)C2)cc1. The first-order valence-corrected chi connectivity index (χ1v) is 10.0. The van der Waals surface area contributed by atoms with Gasteiger partial charge in [-0.3, -0.25) is 9.69 Å². The van der Waals surface area contributed by atoms with Gasteiger partial charge in [0, 0.05) is 32.0 Å². The first kappa shape index (κ1) is 19.6. The monoisotopic (exact) mass is 398 g/mol. The minimum Gasteiger partial charge on any atom is -0.465 e. The minimum absolute atomic E-state index is 0.0629. The Morgan fingerprint density at radius 2 is 1.97 bits per heavy atom. The van der Waals surface area contributed by atoms with E-state index in [4.69, 9.17) is 9.26 Å². The predicted molar refractivity (Wildman–Crippen MR) is 104 cm³/mol. The second-order valence-electron chi connectivity index (χ2n) is 7.79. The van der Waals surface area contributed by atoms with Crippen molar-refractivity contribution in [3.05, 3.63) is 47.1 Å². The first-order valence-electron chi connectivity index (χ1n) is 10.0. The maximum Gasteiger partial charge on any atom is 0.337 e. The van der Waals surface area contributed by atoms with Crippen LogP contribution in [0.4, 0.5) is 0 Å². The molecule has 8 nitrogen and oxygen atoms in total. The number of hydrogen-bond acceptors (Lipinski definition) is 7. The van der Waals surface area contributed by atoms with E-state index in [0.717, 1.165) is 30.8 Å². The number of rotatable bonds is 6. The fourth-order valence-electron chi connectivity index (χ4n) is 3.59. The van der Waals surface area contributed by atoms with Crippen molar-refractivity contribution < 1.29 is 18.8 Å². The zero-order valence-electron chi connectivity index (χ0n) is 16.8. The van der Waals surface area contributed by atoms with Crippen LogP contribution in [-0.4, -0.2) is 65.6 Å². The van der Waals surface area contributed by atoms with Crippen molar-refractivity contribution in [3.63, 3.8) is 0 Å². The number of carbonyl (C=O) groups is 2. The van der Waals surface area contributed by atoms with Crippen LogP contribution in [0.25, 0.3) is 0 Å². The molecule has 1 saturated heterocycles. The van der Waals surface area contributed by atoms with Crippen LogP contribution in [0, 0.1) is 0 Å². The summed E-state index contributed by atoms with van der Waals surface area (Å²) >= 11 is 0. The fraction of sp³-hybridized carbons (Fsp3) is 0.524. The van der Waals surface area contributed by atoms with Gasteiger partial charge < -0.3 is 14.2 Å². The van der Waals surface area contributed by atoms with E-state index in [9.17, 15) is 9.59 Å². The lowest BCUT2D eigenvalue weighted by atomic mass is 10.1. The van der Waals surface area contributed by atoms with E-state index >= 15 is 0 Å². The molecule has 1 aliphatic heterocycles. The molecule has 2 aromatic rings. The van der Waals surface area contributed by atoms with Crippen LogP contribution in [-0.2, 0) is 16.0 Å². The van der Waals surface area contributed by atoms with Crippen LogP contribution < -0.4 is 0 Å². The van der Waals surface area contributed by atoms with E-state index in [1.807, 2.05) is 24.1 Å². The Morgan fingerprint density at radius 1 is 1.21 bits per heavy atom. The van der Waals surface area contributed by atoms with Crippen LogP contribution in [0.2, 0.25) is 0 Å². The summed E-state index contributed by atoms with van der Waals surface area (Å²) in [6.07, 6.45) is 3.31. The molecule has 1 aromatic carbocycles. The Labute approximate surface area is 169 Å². The molecule has 1 aromatic heterocycles. The van der Waals surface area contributed by atoms with E-state index in [2.05, 4.69) is 15.0 Å². The molecule has 29 heavy (non-hydrogen) atoms. The Morgan fingerprint density at radius 3 is 2.66 bits per heavy atom. The van der Waals surface area contributed by atoms with Gasteiger partial charge in [-0.05, 0) is 44.0 Å². The molecule has 2 fully saturated rings. The number of piperazine rings is 1. The maximum atomic E-state index is 12.8. The van der Waals surface area contributed by atoms with Gasteiger partial charge in [-0.15, -0.1) is 0 Å². The zero-order valence-corrected chi connectivity index (χ0v) is 16.8. The second kappa shape index (κ2) is 8.32. The largest absolute Gasteiger partial charge is 0.465 e. The minimum atomic E-state index is -0.359. The Hall–Kier alpha value is -2.74. The fourth-order valence-corrected chi connectivity index (χ4v) is 3.59. The number of aromatic nitrogens is 2. The number of hydrogen-bond donors (Lipinski definition) is 0. The lowest BCUT2D eigenvalue weighted by Crippen LogP contribution is -2.49. The number of benzene rings is 1. The summed E-state index contributed by atoms with van der Waals surface area (Å²) in [5.74, 6) is 1.60. The van der Waals surface area contributed by atoms with Crippen molar-refractivity contribution in [2.75, 3.05) is 33.8 Å². The van der Waals surface area contributed by atoms with E-state index in [1.54, 1.807) is 12.1 Å². The van der Waals surface area contributed by atoms with Crippen LogP contribution in [0.5, 0.6) is 0 Å². The third-order valence-corrected chi connectivity index (χ3v) is 5.69. The molecule has 4 rings (SSSR count). The molecule has 0 N–H and O–H groups in total. The molecule has 0 spiro atoms. The summed E-state index contributed by atoms with van der Waals surface area (Å²) in [5, 5.41) is 4.11. The number of esters is 1. The lowest BCUT2D eigenvalue weighted by molar-refractivity contribution is -0.134. The standard InChI is InChI=1S/C21H26N4O4/c1-24-11-12-25(13-17(24)20-22-19(23-29-20)15-8-9-15)18(26)10-5-14-3-6-16(7-4-14)21(27)28-2/h3-4,6-7,15,17H,5,8-13H2,1-2H3. The van der Waals surface area contributed by atoms with Crippen LogP contribution in [0.15, 0.2) is 28.8 Å². The number of nitrogens with zero attached hydrogens (tertiary/aromatic N) is 4. The molecular weight excluding hydrogens is 372 g/mol. The zero-order chi connectivity index (χ0) is 20.4. The molecule has 8 heteroatoms. The van der Waals surface area contributed by atoms with Gasteiger partial charge in [0.2, 0.25) is 11.8 Å². The van der Waals surface area contributed by atoms with Gasteiger partial charge in [0.15, 0.2) is 5.82 Å². The van der Waals surface area contributed by atoms with Gasteiger partial charge in [0.05, 0.1) is 12.7 Å². The quantitative estimate of drug-likeness (QED) is 0.689. The van der Waals surface area contributed by atoms with Crippen molar-refractivity contribution in [2.24, 2.45) is 0 Å². The second-order valence-corrected chi connectivity index (χ2v) is 7.79. The van der Waals surface area contributed by atoms with Gasteiger partial charge in [-0.2, -0.15) is 4.98 Å². The number of likely N-dealkylation sites (N-methyl/N-ethyl adjacent to an activating group) is 1. The predicted octanol–water partition coefficient (Wildman–Crippen LogP) is 2.18. The number of carbonyl (C=O) groups excluding carboxylic acids is 2. The van der Waals surface area contributed by atoms with Crippen molar-refractivity contribution in [2.45, 2.75) is 37.6 Å². The third-order valence-electron chi connectivity index (χ3n) is 5.69. The summed E-state index contributed by atoms with van der Waals surface area (Å²) in [6, 6.07) is 7.12. The third kappa shape index (κ3) is 4.48. The molecule has 2 aliphatic rings. The van der Waals surface area contributed by atoms with Gasteiger partial charge in [0.25, 0.3) is 0 Å². The molecule has 1 unspecified atom stereocenters. The highest BCUT2D eigenvalue weighted by Crippen LogP contribution is 2.38. The number of ether oxygens (including phenoxy) is 1. The Kier molecular flexibility index (Phi) is 5.62. The van der Waals surface area contributed by atoms with Gasteiger partial charge >= 0.3 is 5.97 Å². The molecule has 1 atom stereocenters. The average molecular weight is 398 g/mol. The van der Waals surface area contributed by atoms with E-state index in [-0.39, 0.29) is 17.9 Å².